The molecule has 3 atom stereocenters. The molecule has 2 fully saturated rings. The summed E-state index contributed by atoms with van der Waals surface area (Å²) in [6.45, 7) is 7.44. The van der Waals surface area contributed by atoms with Gasteiger partial charge in [0, 0.05) is 47.7 Å². The number of hydrogen-bond donors (Lipinski definition) is 2. The molecule has 12 nitrogen and oxygen atoms in total. The quantitative estimate of drug-likeness (QED) is 0.137. The van der Waals surface area contributed by atoms with Gasteiger partial charge in [0.25, 0.3) is 0 Å². The number of pyridine rings is 1. The molecule has 6 heterocycles. The summed E-state index contributed by atoms with van der Waals surface area (Å²) in [5.74, 6) is -1.44. The molecule has 0 bridgehead atoms. The highest BCUT2D eigenvalue weighted by molar-refractivity contribution is 7.23. The number of benzene rings is 2. The number of halogens is 5. The van der Waals surface area contributed by atoms with Gasteiger partial charge < -0.3 is 24.8 Å². The number of rotatable bonds is 9. The van der Waals surface area contributed by atoms with E-state index in [1.54, 1.807) is 44.7 Å². The van der Waals surface area contributed by atoms with E-state index in [1.165, 1.54) is 12.3 Å². The van der Waals surface area contributed by atoms with Crippen molar-refractivity contribution in [2.24, 2.45) is 0 Å². The molecule has 1 unspecified atom stereocenters. The maximum atomic E-state index is 17.8. The molecule has 2 saturated heterocycles. The zero-order valence-electron chi connectivity index (χ0n) is 32.7. The third-order valence-electron chi connectivity index (χ3n) is 11.1. The minimum absolute atomic E-state index is 0.00483. The fourth-order valence-electron chi connectivity index (χ4n) is 8.73. The highest BCUT2D eigenvalue weighted by Crippen LogP contribution is 2.50. The van der Waals surface area contributed by atoms with Gasteiger partial charge in [-0.05, 0) is 64.8 Å². The van der Waals surface area contributed by atoms with Gasteiger partial charge in [-0.25, -0.2) is 31.7 Å². The van der Waals surface area contributed by atoms with Gasteiger partial charge in [0.1, 0.15) is 64.8 Å². The normalized spacial score (nSPS) is 19.7. The number of fused-ring (bicyclic) bond motifs is 2. The number of aromatic nitrogens is 3. The van der Waals surface area contributed by atoms with Crippen molar-refractivity contribution < 1.29 is 41.0 Å². The second kappa shape index (κ2) is 15.2. The van der Waals surface area contributed by atoms with E-state index in [0.717, 1.165) is 23.8 Å². The lowest BCUT2D eigenvalue weighted by atomic mass is 9.92. The first-order valence-corrected chi connectivity index (χ1v) is 20.0. The van der Waals surface area contributed by atoms with E-state index in [-0.39, 0.29) is 104 Å². The summed E-state index contributed by atoms with van der Waals surface area (Å²) < 4.78 is 95.0. The number of nitrogens with zero attached hydrogens (tertiary/aromatic N) is 6. The van der Waals surface area contributed by atoms with Crippen LogP contribution in [-0.4, -0.2) is 82.5 Å². The van der Waals surface area contributed by atoms with Crippen LogP contribution in [0.1, 0.15) is 69.2 Å². The SMILES string of the molecule is Cc1c(-c2ccc(F)c3sc(NC(=O)OC(C)(C)C)c(C#N)c23)c(F)c2nc(OC[C@@]34CCCN3C[C@H](F)C4)nc3c2c1OCCN3C(CC(F)F)c1cccnc1N. The Morgan fingerprint density at radius 1 is 1.20 bits per heavy atom. The standard InChI is InChI=1S/C41H41F5N8O4S/c1-20-28(23-8-9-25(43)34-29(23)24(17-47)37(59-34)52-39(55)58-40(2,3)4)31(46)32-30-33(20)56-14-13-54(26(15-27(44)45)22-7-5-11-49-35(22)48)36(30)51-38(50-32)57-19-41-10-6-12-53(41)18-21(42)16-41/h5,7-9,11,21,26-27H,6,10,12-16,18-19H2,1-4H3,(H2,48,49)(H,52,55)/t21-,26?,41+/m1/s1. The Labute approximate surface area is 340 Å². The van der Waals surface area contributed by atoms with Crippen molar-refractivity contribution in [3.8, 4) is 29.0 Å². The average molecular weight is 837 g/mol. The van der Waals surface area contributed by atoms with Gasteiger partial charge in [0.2, 0.25) is 6.43 Å². The van der Waals surface area contributed by atoms with Crippen LogP contribution in [0.3, 0.4) is 0 Å². The summed E-state index contributed by atoms with van der Waals surface area (Å²) in [5, 5.41) is 13.1. The van der Waals surface area contributed by atoms with Gasteiger partial charge in [-0.15, -0.1) is 11.3 Å². The van der Waals surface area contributed by atoms with Crippen LogP contribution in [0, 0.1) is 29.9 Å². The third-order valence-corrected chi connectivity index (χ3v) is 12.2. The maximum absolute atomic E-state index is 17.8. The van der Waals surface area contributed by atoms with Gasteiger partial charge in [-0.1, -0.05) is 12.1 Å². The number of alkyl halides is 3. The molecule has 59 heavy (non-hydrogen) atoms. The molecule has 0 radical (unpaired) electrons. The van der Waals surface area contributed by atoms with Crippen molar-refractivity contribution in [3.63, 3.8) is 0 Å². The van der Waals surface area contributed by atoms with E-state index in [2.05, 4.69) is 15.3 Å². The van der Waals surface area contributed by atoms with Crippen LogP contribution >= 0.6 is 11.3 Å². The zero-order valence-corrected chi connectivity index (χ0v) is 33.5. The number of carbonyl (C=O) groups excluding carboxylic acids is 1. The predicted molar refractivity (Wildman–Crippen MR) is 213 cm³/mol. The number of carbonyl (C=O) groups is 1. The molecule has 0 saturated carbocycles. The summed E-state index contributed by atoms with van der Waals surface area (Å²) in [6.07, 6.45) is -2.23. The summed E-state index contributed by atoms with van der Waals surface area (Å²) >= 11 is 0.793. The Balaban J connectivity index is 1.34. The molecule has 0 aliphatic carbocycles. The van der Waals surface area contributed by atoms with E-state index in [0.29, 0.717) is 18.5 Å². The number of thiophene rings is 1. The second-order valence-corrected chi connectivity index (χ2v) is 17.1. The van der Waals surface area contributed by atoms with E-state index in [4.69, 9.17) is 24.9 Å². The highest BCUT2D eigenvalue weighted by atomic mass is 32.1. The van der Waals surface area contributed by atoms with Crippen molar-refractivity contribution >= 4 is 55.1 Å². The number of amides is 1. The maximum Gasteiger partial charge on any atom is 0.412 e. The Morgan fingerprint density at radius 3 is 2.73 bits per heavy atom. The van der Waals surface area contributed by atoms with E-state index < -0.39 is 53.9 Å². The molecule has 3 N–H and O–H groups in total. The number of anilines is 3. The van der Waals surface area contributed by atoms with Gasteiger partial charge >= 0.3 is 12.1 Å². The number of nitrogen functional groups attached to an aromatic ring is 1. The van der Waals surface area contributed by atoms with Crippen LogP contribution in [0.15, 0.2) is 30.5 Å². The summed E-state index contributed by atoms with van der Waals surface area (Å²) in [5.41, 5.74) is 4.89. The number of nitrogens with one attached hydrogen (secondary N) is 1. The molecule has 8 rings (SSSR count). The summed E-state index contributed by atoms with van der Waals surface area (Å²) in [4.78, 5) is 29.9. The molecule has 18 heteroatoms. The average Bonchev–Trinajstić information content (AvgIpc) is 3.78. The van der Waals surface area contributed by atoms with Crippen LogP contribution in [0.2, 0.25) is 0 Å². The molecule has 3 aliphatic heterocycles. The lowest BCUT2D eigenvalue weighted by Gasteiger charge is -2.33. The van der Waals surface area contributed by atoms with Crippen molar-refractivity contribution in [3.05, 3.63) is 58.8 Å². The number of hydrogen-bond acceptors (Lipinski definition) is 12. The number of nitriles is 1. The Kier molecular flexibility index (Phi) is 10.4. The lowest BCUT2D eigenvalue weighted by molar-refractivity contribution is 0.0636. The first-order chi connectivity index (χ1) is 28.1. The van der Waals surface area contributed by atoms with Crippen molar-refractivity contribution in [2.75, 3.05) is 48.8 Å². The van der Waals surface area contributed by atoms with Gasteiger partial charge in [-0.3, -0.25) is 10.2 Å². The highest BCUT2D eigenvalue weighted by Gasteiger charge is 2.49. The van der Waals surface area contributed by atoms with Crippen LogP contribution in [-0.2, 0) is 4.74 Å². The zero-order chi connectivity index (χ0) is 42.0. The fourth-order valence-corrected chi connectivity index (χ4v) is 9.80. The third kappa shape index (κ3) is 7.28. The molecule has 1 amide bonds. The molecule has 3 aromatic heterocycles. The lowest BCUT2D eigenvalue weighted by Crippen LogP contribution is -2.43. The van der Waals surface area contributed by atoms with Gasteiger partial charge in [0.15, 0.2) is 5.82 Å². The number of nitrogens with two attached hydrogens (primary N) is 1. The van der Waals surface area contributed by atoms with Crippen LogP contribution in [0.4, 0.5) is 43.4 Å². The molecule has 3 aliphatic rings. The minimum atomic E-state index is -2.80. The van der Waals surface area contributed by atoms with Crippen LogP contribution in [0.5, 0.6) is 11.8 Å². The Bertz CT molecular complexity index is 2530. The number of ether oxygens (including phenoxy) is 3. The van der Waals surface area contributed by atoms with E-state index >= 15 is 8.78 Å². The topological polar surface area (TPSA) is 152 Å². The molecule has 5 aromatic rings. The molecule has 310 valence electrons. The van der Waals surface area contributed by atoms with Crippen molar-refractivity contribution in [1.29, 1.82) is 5.26 Å². The van der Waals surface area contributed by atoms with Crippen LogP contribution in [0.25, 0.3) is 32.1 Å². The summed E-state index contributed by atoms with van der Waals surface area (Å²) in [7, 11) is 0. The molecule has 2 aromatic carbocycles. The first kappa shape index (κ1) is 40.2. The van der Waals surface area contributed by atoms with E-state index in [9.17, 15) is 23.2 Å². The summed E-state index contributed by atoms with van der Waals surface area (Å²) in [6, 6.07) is 6.30. The van der Waals surface area contributed by atoms with Gasteiger partial charge in [-0.2, -0.15) is 15.2 Å². The monoisotopic (exact) mass is 836 g/mol. The Hall–Kier alpha value is -5.54. The fraction of sp³-hybridized carbons (Fsp3) is 0.439. The second-order valence-electron chi connectivity index (χ2n) is 16.1. The smallest absolute Gasteiger partial charge is 0.412 e. The molecular weight excluding hydrogens is 796 g/mol. The predicted octanol–water partition coefficient (Wildman–Crippen LogP) is 8.84. The largest absolute Gasteiger partial charge is 0.491 e. The minimum Gasteiger partial charge on any atom is -0.491 e. The first-order valence-electron chi connectivity index (χ1n) is 19.2. The molecular formula is C41H41F5N8O4S. The van der Waals surface area contributed by atoms with E-state index in [1.807, 2.05) is 11.0 Å². The van der Waals surface area contributed by atoms with Crippen molar-refractivity contribution in [2.45, 2.75) is 83.2 Å². The van der Waals surface area contributed by atoms with Gasteiger partial charge in [0.05, 0.1) is 33.8 Å². The van der Waals surface area contributed by atoms with Crippen LogP contribution < -0.4 is 25.4 Å². The van der Waals surface area contributed by atoms with Crippen molar-refractivity contribution in [1.82, 2.24) is 19.9 Å². The molecule has 0 spiro atoms. The Morgan fingerprint density at radius 2 is 2.00 bits per heavy atom.